The van der Waals surface area contributed by atoms with Gasteiger partial charge < -0.3 is 10.4 Å². The Morgan fingerprint density at radius 2 is 2.19 bits per heavy atom. The van der Waals surface area contributed by atoms with E-state index >= 15 is 0 Å². The highest BCUT2D eigenvalue weighted by Gasteiger charge is 2.33. The molecule has 1 aromatic rings. The Morgan fingerprint density at radius 1 is 1.44 bits per heavy atom. The largest absolute Gasteiger partial charge is 0.394 e. The van der Waals surface area contributed by atoms with Crippen LogP contribution >= 0.6 is 0 Å². The summed E-state index contributed by atoms with van der Waals surface area (Å²) >= 11 is 0. The number of aliphatic hydroxyl groups is 1. The number of rotatable bonds is 3. The predicted octanol–water partition coefficient (Wildman–Crippen LogP) is 1.67. The summed E-state index contributed by atoms with van der Waals surface area (Å²) in [4.78, 5) is 4.16. The van der Waals surface area contributed by atoms with Gasteiger partial charge in [-0.2, -0.15) is 5.26 Å². The molecule has 0 unspecified atom stereocenters. The number of nitrogens with one attached hydrogen (secondary N) is 1. The fourth-order valence-electron chi connectivity index (χ4n) is 2.21. The third kappa shape index (κ3) is 2.15. The third-order valence-corrected chi connectivity index (χ3v) is 3.12. The lowest BCUT2D eigenvalue weighted by molar-refractivity contribution is 0.214. The number of aliphatic hydroxyl groups excluding tert-OH is 1. The predicted molar refractivity (Wildman–Crippen MR) is 60.9 cm³/mol. The maximum absolute atomic E-state index is 9.45. The molecule has 0 aromatic carbocycles. The van der Waals surface area contributed by atoms with Crippen molar-refractivity contribution >= 4 is 5.82 Å². The summed E-state index contributed by atoms with van der Waals surface area (Å²) in [6.45, 7) is 0.117. The minimum absolute atomic E-state index is 0.117. The minimum Gasteiger partial charge on any atom is -0.394 e. The van der Waals surface area contributed by atoms with E-state index in [-0.39, 0.29) is 12.1 Å². The molecule has 84 valence electrons. The third-order valence-electron chi connectivity index (χ3n) is 3.12. The van der Waals surface area contributed by atoms with E-state index in [4.69, 9.17) is 5.26 Å². The van der Waals surface area contributed by atoms with Gasteiger partial charge in [0.15, 0.2) is 0 Å². The number of hydrogen-bond donors (Lipinski definition) is 2. The van der Waals surface area contributed by atoms with Crippen LogP contribution < -0.4 is 5.32 Å². The molecule has 4 nitrogen and oxygen atoms in total. The Labute approximate surface area is 94.9 Å². The molecule has 0 spiro atoms. The second-order valence-corrected chi connectivity index (χ2v) is 4.29. The minimum atomic E-state index is -0.235. The summed E-state index contributed by atoms with van der Waals surface area (Å²) < 4.78 is 0. The van der Waals surface area contributed by atoms with Crippen LogP contribution in [0.3, 0.4) is 0 Å². The van der Waals surface area contributed by atoms with Crippen molar-refractivity contribution in [2.45, 2.75) is 31.2 Å². The molecule has 4 heteroatoms. The second kappa shape index (κ2) is 4.50. The van der Waals surface area contributed by atoms with Crippen molar-refractivity contribution in [3.05, 3.63) is 23.9 Å². The van der Waals surface area contributed by atoms with Gasteiger partial charge in [-0.1, -0.05) is 18.9 Å². The Kier molecular flexibility index (Phi) is 3.07. The first-order chi connectivity index (χ1) is 7.78. The lowest BCUT2D eigenvalue weighted by atomic mass is 9.99. The second-order valence-electron chi connectivity index (χ2n) is 4.29. The van der Waals surface area contributed by atoms with Crippen LogP contribution in [0.25, 0.3) is 0 Å². The highest BCUT2D eigenvalue weighted by molar-refractivity contribution is 5.41. The molecule has 2 rings (SSSR count). The van der Waals surface area contributed by atoms with Crippen LogP contribution in [-0.2, 0) is 0 Å². The molecular formula is C12H15N3O. The maximum Gasteiger partial charge on any atom is 0.142 e. The zero-order chi connectivity index (χ0) is 11.4. The van der Waals surface area contributed by atoms with Crippen molar-refractivity contribution in [3.8, 4) is 6.07 Å². The van der Waals surface area contributed by atoms with Crippen molar-refractivity contribution in [1.82, 2.24) is 4.98 Å². The summed E-state index contributed by atoms with van der Waals surface area (Å²) in [5.74, 6) is 0.676. The standard InChI is InChI=1S/C12H15N3O/c13-8-10-4-3-5-11(14-10)15-12(9-16)6-1-2-7-12/h3-5,16H,1-2,6-7,9H2,(H,14,15). The van der Waals surface area contributed by atoms with E-state index in [1.807, 2.05) is 12.1 Å². The first kappa shape index (κ1) is 10.9. The number of pyridine rings is 1. The van der Waals surface area contributed by atoms with Crippen molar-refractivity contribution in [3.63, 3.8) is 0 Å². The van der Waals surface area contributed by atoms with E-state index in [9.17, 15) is 5.11 Å². The van der Waals surface area contributed by atoms with Gasteiger partial charge in [0.1, 0.15) is 17.6 Å². The zero-order valence-electron chi connectivity index (χ0n) is 9.11. The zero-order valence-corrected chi connectivity index (χ0v) is 9.11. The molecular weight excluding hydrogens is 202 g/mol. The van der Waals surface area contributed by atoms with E-state index in [0.29, 0.717) is 11.5 Å². The van der Waals surface area contributed by atoms with Gasteiger partial charge in [0.05, 0.1) is 12.1 Å². The molecule has 0 saturated heterocycles. The summed E-state index contributed by atoms with van der Waals surface area (Å²) in [6.07, 6.45) is 4.18. The molecule has 1 aliphatic rings. The summed E-state index contributed by atoms with van der Waals surface area (Å²) in [7, 11) is 0. The van der Waals surface area contributed by atoms with Crippen molar-refractivity contribution in [2.75, 3.05) is 11.9 Å². The van der Waals surface area contributed by atoms with E-state index in [1.165, 1.54) is 0 Å². The first-order valence-corrected chi connectivity index (χ1v) is 5.54. The quantitative estimate of drug-likeness (QED) is 0.808. The molecule has 1 saturated carbocycles. The van der Waals surface area contributed by atoms with Crippen LogP contribution in [0.4, 0.5) is 5.82 Å². The van der Waals surface area contributed by atoms with Crippen molar-refractivity contribution in [1.29, 1.82) is 5.26 Å². The number of nitriles is 1. The highest BCUT2D eigenvalue weighted by Crippen LogP contribution is 2.32. The summed E-state index contributed by atoms with van der Waals surface area (Å²) in [5, 5.41) is 21.5. The van der Waals surface area contributed by atoms with E-state index in [0.717, 1.165) is 25.7 Å². The van der Waals surface area contributed by atoms with Crippen LogP contribution in [0.15, 0.2) is 18.2 Å². The molecule has 0 atom stereocenters. The normalized spacial score (nSPS) is 18.0. The highest BCUT2D eigenvalue weighted by atomic mass is 16.3. The average molecular weight is 217 g/mol. The van der Waals surface area contributed by atoms with Gasteiger partial charge >= 0.3 is 0 Å². The molecule has 1 aliphatic carbocycles. The Bertz CT molecular complexity index is 405. The van der Waals surface area contributed by atoms with Crippen LogP contribution in [0.1, 0.15) is 31.4 Å². The molecule has 1 fully saturated rings. The Hall–Kier alpha value is -1.60. The fraction of sp³-hybridized carbons (Fsp3) is 0.500. The molecule has 1 aromatic heterocycles. The van der Waals surface area contributed by atoms with Gasteiger partial charge in [-0.05, 0) is 25.0 Å². The van der Waals surface area contributed by atoms with Gasteiger partial charge in [0.25, 0.3) is 0 Å². The molecule has 0 bridgehead atoms. The van der Waals surface area contributed by atoms with E-state index in [2.05, 4.69) is 10.3 Å². The smallest absolute Gasteiger partial charge is 0.142 e. The SMILES string of the molecule is N#Cc1cccc(NC2(CO)CCCC2)n1. The lowest BCUT2D eigenvalue weighted by Gasteiger charge is -2.28. The topological polar surface area (TPSA) is 68.9 Å². The molecule has 0 aliphatic heterocycles. The van der Waals surface area contributed by atoms with Crippen molar-refractivity contribution < 1.29 is 5.11 Å². The summed E-state index contributed by atoms with van der Waals surface area (Å²) in [6, 6.07) is 7.31. The monoisotopic (exact) mass is 217 g/mol. The van der Waals surface area contributed by atoms with Crippen LogP contribution in [-0.4, -0.2) is 22.2 Å². The number of aromatic nitrogens is 1. The van der Waals surface area contributed by atoms with Gasteiger partial charge in [-0.15, -0.1) is 0 Å². The van der Waals surface area contributed by atoms with Gasteiger partial charge in [-0.3, -0.25) is 0 Å². The number of anilines is 1. The van der Waals surface area contributed by atoms with Crippen molar-refractivity contribution in [2.24, 2.45) is 0 Å². The molecule has 1 heterocycles. The van der Waals surface area contributed by atoms with Crippen LogP contribution in [0.2, 0.25) is 0 Å². The molecule has 2 N–H and O–H groups in total. The van der Waals surface area contributed by atoms with E-state index in [1.54, 1.807) is 12.1 Å². The van der Waals surface area contributed by atoms with Gasteiger partial charge in [0, 0.05) is 0 Å². The molecule has 16 heavy (non-hydrogen) atoms. The first-order valence-electron chi connectivity index (χ1n) is 5.54. The molecule has 0 radical (unpaired) electrons. The average Bonchev–Trinajstić information content (AvgIpc) is 2.78. The number of hydrogen-bond acceptors (Lipinski definition) is 4. The van der Waals surface area contributed by atoms with Gasteiger partial charge in [0.2, 0.25) is 0 Å². The summed E-state index contributed by atoms with van der Waals surface area (Å²) in [5.41, 5.74) is 0.164. The van der Waals surface area contributed by atoms with Crippen LogP contribution in [0.5, 0.6) is 0 Å². The lowest BCUT2D eigenvalue weighted by Crippen LogP contribution is -2.39. The fourth-order valence-corrected chi connectivity index (χ4v) is 2.21. The molecule has 0 amide bonds. The Balaban J connectivity index is 2.16. The van der Waals surface area contributed by atoms with E-state index < -0.39 is 0 Å². The maximum atomic E-state index is 9.45. The number of nitrogens with zero attached hydrogens (tertiary/aromatic N) is 2. The van der Waals surface area contributed by atoms with Crippen LogP contribution in [0, 0.1) is 11.3 Å². The van der Waals surface area contributed by atoms with Gasteiger partial charge in [-0.25, -0.2) is 4.98 Å². The Morgan fingerprint density at radius 3 is 2.81 bits per heavy atom.